The van der Waals surface area contributed by atoms with Crippen molar-refractivity contribution in [2.75, 3.05) is 5.73 Å². The summed E-state index contributed by atoms with van der Waals surface area (Å²) in [5.41, 5.74) is 5.03. The summed E-state index contributed by atoms with van der Waals surface area (Å²) >= 11 is 0. The zero-order chi connectivity index (χ0) is 11.0. The average molecular weight is 214 g/mol. The first kappa shape index (κ1) is 9.57. The van der Waals surface area contributed by atoms with E-state index in [9.17, 15) is 13.2 Å². The summed E-state index contributed by atoms with van der Waals surface area (Å²) in [6.45, 7) is 0. The number of aromatic nitrogens is 1. The molecule has 3 nitrogen and oxygen atoms in total. The molecule has 0 amide bonds. The molecule has 0 aliphatic carbocycles. The number of nitrogen functional groups attached to an aromatic ring is 1. The van der Waals surface area contributed by atoms with Gasteiger partial charge in [0.25, 0.3) is 0 Å². The van der Waals surface area contributed by atoms with Crippen LogP contribution in [-0.4, -0.2) is 5.16 Å². The van der Waals surface area contributed by atoms with Crippen molar-refractivity contribution in [1.29, 1.82) is 0 Å². The number of halogens is 3. The van der Waals surface area contributed by atoms with E-state index in [0.717, 1.165) is 12.1 Å². The molecule has 1 aromatic heterocycles. The van der Waals surface area contributed by atoms with Gasteiger partial charge in [0.2, 0.25) is 5.88 Å². The van der Waals surface area contributed by atoms with Gasteiger partial charge < -0.3 is 10.3 Å². The van der Waals surface area contributed by atoms with Gasteiger partial charge in [-0.2, -0.15) is 0 Å². The minimum absolute atomic E-state index is 0.0175. The molecule has 0 atom stereocenters. The van der Waals surface area contributed by atoms with Gasteiger partial charge in [-0.1, -0.05) is 5.16 Å². The lowest BCUT2D eigenvalue weighted by atomic mass is 10.1. The van der Waals surface area contributed by atoms with E-state index in [4.69, 9.17) is 5.73 Å². The molecule has 1 aromatic carbocycles. The second-order valence-corrected chi connectivity index (χ2v) is 2.84. The molecule has 0 aliphatic rings. The van der Waals surface area contributed by atoms with Crippen molar-refractivity contribution in [3.63, 3.8) is 0 Å². The monoisotopic (exact) mass is 214 g/mol. The lowest BCUT2D eigenvalue weighted by Gasteiger charge is -1.99. The molecule has 0 aliphatic heterocycles. The first-order valence-electron chi connectivity index (χ1n) is 3.95. The number of rotatable bonds is 1. The van der Waals surface area contributed by atoms with E-state index in [2.05, 4.69) is 9.68 Å². The summed E-state index contributed by atoms with van der Waals surface area (Å²) in [4.78, 5) is 0. The van der Waals surface area contributed by atoms with Crippen molar-refractivity contribution in [3.05, 3.63) is 35.7 Å². The van der Waals surface area contributed by atoms with Gasteiger partial charge in [0.1, 0.15) is 5.69 Å². The summed E-state index contributed by atoms with van der Waals surface area (Å²) in [5, 5.41) is 3.39. The summed E-state index contributed by atoms with van der Waals surface area (Å²) in [5.74, 6) is -4.15. The van der Waals surface area contributed by atoms with E-state index in [1.165, 1.54) is 6.07 Å². The van der Waals surface area contributed by atoms with E-state index in [1.807, 2.05) is 0 Å². The second kappa shape index (κ2) is 3.30. The topological polar surface area (TPSA) is 52.0 Å². The fourth-order valence-electron chi connectivity index (χ4n) is 1.14. The molecule has 0 fully saturated rings. The van der Waals surface area contributed by atoms with Gasteiger partial charge in [0.15, 0.2) is 17.5 Å². The van der Waals surface area contributed by atoms with Gasteiger partial charge in [-0.15, -0.1) is 0 Å². The van der Waals surface area contributed by atoms with Crippen LogP contribution in [0.15, 0.2) is 22.7 Å². The number of anilines is 1. The van der Waals surface area contributed by atoms with Crippen molar-refractivity contribution in [3.8, 4) is 11.3 Å². The van der Waals surface area contributed by atoms with Crippen LogP contribution < -0.4 is 5.73 Å². The molecule has 15 heavy (non-hydrogen) atoms. The molecule has 2 aromatic rings. The molecule has 6 heteroatoms. The average Bonchev–Trinajstić information content (AvgIpc) is 2.61. The molecule has 0 radical (unpaired) electrons. The second-order valence-electron chi connectivity index (χ2n) is 2.84. The molecular formula is C9H5F3N2O. The van der Waals surface area contributed by atoms with E-state index in [-0.39, 0.29) is 17.1 Å². The smallest absolute Gasteiger partial charge is 0.222 e. The van der Waals surface area contributed by atoms with Crippen molar-refractivity contribution >= 4 is 5.88 Å². The van der Waals surface area contributed by atoms with E-state index < -0.39 is 17.5 Å². The van der Waals surface area contributed by atoms with Crippen LogP contribution in [0.3, 0.4) is 0 Å². The first-order chi connectivity index (χ1) is 7.09. The lowest BCUT2D eigenvalue weighted by Crippen LogP contribution is -1.93. The Morgan fingerprint density at radius 2 is 1.87 bits per heavy atom. The number of nitrogens with two attached hydrogens (primary N) is 1. The molecule has 0 saturated heterocycles. The zero-order valence-corrected chi connectivity index (χ0v) is 7.30. The Hall–Kier alpha value is -1.98. The van der Waals surface area contributed by atoms with Crippen LogP contribution in [-0.2, 0) is 0 Å². The van der Waals surface area contributed by atoms with Crippen LogP contribution in [0.2, 0.25) is 0 Å². The van der Waals surface area contributed by atoms with Crippen LogP contribution in [0.5, 0.6) is 0 Å². The number of hydrogen-bond acceptors (Lipinski definition) is 3. The molecule has 78 valence electrons. The summed E-state index contributed by atoms with van der Waals surface area (Å²) < 4.78 is 43.1. The summed E-state index contributed by atoms with van der Waals surface area (Å²) in [6.07, 6.45) is 0. The largest absolute Gasteiger partial charge is 0.368 e. The first-order valence-corrected chi connectivity index (χ1v) is 3.95. The van der Waals surface area contributed by atoms with Crippen LogP contribution in [0.4, 0.5) is 19.1 Å². The van der Waals surface area contributed by atoms with Gasteiger partial charge in [0.05, 0.1) is 0 Å². The third-order valence-electron chi connectivity index (χ3n) is 1.84. The quantitative estimate of drug-likeness (QED) is 0.741. The highest BCUT2D eigenvalue weighted by atomic mass is 19.2. The fourth-order valence-corrected chi connectivity index (χ4v) is 1.14. The normalized spacial score (nSPS) is 10.6. The third kappa shape index (κ3) is 1.54. The molecule has 2 N–H and O–H groups in total. The van der Waals surface area contributed by atoms with Crippen molar-refractivity contribution in [2.24, 2.45) is 0 Å². The van der Waals surface area contributed by atoms with Gasteiger partial charge in [-0.3, -0.25) is 0 Å². The van der Waals surface area contributed by atoms with Crippen LogP contribution in [0, 0.1) is 17.5 Å². The number of nitrogens with zero attached hydrogens (tertiary/aromatic N) is 1. The summed E-state index contributed by atoms with van der Waals surface area (Å²) in [7, 11) is 0. The van der Waals surface area contributed by atoms with Gasteiger partial charge in [0, 0.05) is 11.6 Å². The predicted octanol–water partition coefficient (Wildman–Crippen LogP) is 2.34. The Morgan fingerprint density at radius 3 is 2.47 bits per heavy atom. The molecule has 0 saturated carbocycles. The molecule has 2 rings (SSSR count). The highest BCUT2D eigenvalue weighted by Gasteiger charge is 2.16. The predicted molar refractivity (Wildman–Crippen MR) is 46.2 cm³/mol. The van der Waals surface area contributed by atoms with E-state index in [0.29, 0.717) is 0 Å². The SMILES string of the molecule is Nc1cc(-c2ccc(F)c(F)c2F)no1. The highest BCUT2D eigenvalue weighted by molar-refractivity contribution is 5.61. The molecule has 0 unspecified atom stereocenters. The molecule has 0 spiro atoms. The Morgan fingerprint density at radius 1 is 1.13 bits per heavy atom. The van der Waals surface area contributed by atoms with Crippen LogP contribution >= 0.6 is 0 Å². The van der Waals surface area contributed by atoms with Gasteiger partial charge in [-0.25, -0.2) is 13.2 Å². The Bertz CT molecular complexity index is 510. The standard InChI is InChI=1S/C9H5F3N2O/c10-5-2-1-4(8(11)9(5)12)6-3-7(13)15-14-6/h1-3H,13H2. The van der Waals surface area contributed by atoms with E-state index in [1.54, 1.807) is 0 Å². The maximum Gasteiger partial charge on any atom is 0.222 e. The van der Waals surface area contributed by atoms with Crippen LogP contribution in [0.25, 0.3) is 11.3 Å². The molecular weight excluding hydrogens is 209 g/mol. The third-order valence-corrected chi connectivity index (χ3v) is 1.84. The maximum absolute atomic E-state index is 13.2. The number of benzene rings is 1. The highest BCUT2D eigenvalue weighted by Crippen LogP contribution is 2.25. The maximum atomic E-state index is 13.2. The minimum Gasteiger partial charge on any atom is -0.368 e. The fraction of sp³-hybridized carbons (Fsp3) is 0. The van der Waals surface area contributed by atoms with Gasteiger partial charge >= 0.3 is 0 Å². The van der Waals surface area contributed by atoms with Crippen molar-refractivity contribution in [1.82, 2.24) is 5.16 Å². The van der Waals surface area contributed by atoms with E-state index >= 15 is 0 Å². The lowest BCUT2D eigenvalue weighted by molar-refractivity contribution is 0.434. The number of hydrogen-bond donors (Lipinski definition) is 1. The minimum atomic E-state index is -1.55. The molecule has 1 heterocycles. The Kier molecular flexibility index (Phi) is 2.11. The van der Waals surface area contributed by atoms with Gasteiger partial charge in [-0.05, 0) is 12.1 Å². The summed E-state index contributed by atoms with van der Waals surface area (Å²) in [6, 6.07) is 3.08. The van der Waals surface area contributed by atoms with Crippen LogP contribution in [0.1, 0.15) is 0 Å². The zero-order valence-electron chi connectivity index (χ0n) is 7.30. The molecule has 0 bridgehead atoms. The Balaban J connectivity index is 2.59. The van der Waals surface area contributed by atoms with Crippen molar-refractivity contribution < 1.29 is 17.7 Å². The van der Waals surface area contributed by atoms with Crippen molar-refractivity contribution in [2.45, 2.75) is 0 Å². The Labute approximate surface area is 82.3 Å².